The highest BCUT2D eigenvalue weighted by atomic mass is 16.4. The molecule has 0 unspecified atom stereocenters. The van der Waals surface area contributed by atoms with Crippen LogP contribution < -0.4 is 10.6 Å². The van der Waals surface area contributed by atoms with E-state index in [0.29, 0.717) is 19.4 Å². The predicted molar refractivity (Wildman–Crippen MR) is 60.9 cm³/mol. The molecule has 0 bridgehead atoms. The molecule has 0 radical (unpaired) electrons. The minimum Gasteiger partial charge on any atom is -0.480 e. The third-order valence-corrected chi connectivity index (χ3v) is 1.87. The Morgan fingerprint density at radius 1 is 1.44 bits per heavy atom. The van der Waals surface area contributed by atoms with Crippen molar-refractivity contribution in [2.45, 2.75) is 32.7 Å². The van der Waals surface area contributed by atoms with Crippen LogP contribution in [0, 0.1) is 18.3 Å². The van der Waals surface area contributed by atoms with Gasteiger partial charge in [0.1, 0.15) is 6.04 Å². The van der Waals surface area contributed by atoms with Crippen molar-refractivity contribution in [3.8, 4) is 12.3 Å². The van der Waals surface area contributed by atoms with Gasteiger partial charge in [-0.2, -0.15) is 0 Å². The number of carbonyl (C=O) groups is 2. The summed E-state index contributed by atoms with van der Waals surface area (Å²) in [7, 11) is 0. The highest BCUT2D eigenvalue weighted by Gasteiger charge is 2.20. The van der Waals surface area contributed by atoms with Gasteiger partial charge in [0.15, 0.2) is 0 Å². The molecule has 0 saturated carbocycles. The fourth-order valence-electron chi connectivity index (χ4n) is 1.15. The normalized spacial score (nSPS) is 11.6. The van der Waals surface area contributed by atoms with Crippen LogP contribution in [0.1, 0.15) is 26.7 Å². The predicted octanol–water partition coefficient (Wildman–Crippen LogP) is 0.808. The zero-order valence-electron chi connectivity index (χ0n) is 9.62. The SMILES string of the molecule is C#CCCNC(=O)N[C@@H](CC(C)C)C(=O)O. The number of hydrogen-bond acceptors (Lipinski definition) is 2. The maximum Gasteiger partial charge on any atom is 0.326 e. The summed E-state index contributed by atoms with van der Waals surface area (Å²) in [5.74, 6) is 1.55. The highest BCUT2D eigenvalue weighted by Crippen LogP contribution is 2.04. The van der Waals surface area contributed by atoms with Gasteiger partial charge in [-0.25, -0.2) is 9.59 Å². The maximum absolute atomic E-state index is 11.3. The van der Waals surface area contributed by atoms with Gasteiger partial charge in [-0.3, -0.25) is 0 Å². The second-order valence-corrected chi connectivity index (χ2v) is 3.87. The smallest absolute Gasteiger partial charge is 0.326 e. The first kappa shape index (κ1) is 14.3. The summed E-state index contributed by atoms with van der Waals surface area (Å²) in [6.07, 6.45) is 5.84. The molecule has 0 aromatic rings. The summed E-state index contributed by atoms with van der Waals surface area (Å²) >= 11 is 0. The van der Waals surface area contributed by atoms with E-state index in [9.17, 15) is 9.59 Å². The average Bonchev–Trinajstić information content (AvgIpc) is 2.16. The molecule has 0 aliphatic rings. The van der Waals surface area contributed by atoms with E-state index < -0.39 is 18.0 Å². The van der Waals surface area contributed by atoms with Crippen LogP contribution in [0.25, 0.3) is 0 Å². The van der Waals surface area contributed by atoms with E-state index in [2.05, 4.69) is 16.6 Å². The Labute approximate surface area is 95.6 Å². The Bertz CT molecular complexity index is 281. The van der Waals surface area contributed by atoms with Gasteiger partial charge < -0.3 is 15.7 Å². The molecule has 2 amide bonds. The first-order valence-corrected chi connectivity index (χ1v) is 5.18. The van der Waals surface area contributed by atoms with Crippen LogP contribution in [-0.4, -0.2) is 29.7 Å². The lowest BCUT2D eigenvalue weighted by Gasteiger charge is -2.16. The standard InChI is InChI=1S/C11H18N2O3/c1-4-5-6-12-11(16)13-9(10(14)15)7-8(2)3/h1,8-9H,5-7H2,2-3H3,(H,14,15)(H2,12,13,16)/t9-/m0/s1. The first-order chi connectivity index (χ1) is 7.47. The van der Waals surface area contributed by atoms with Crippen LogP contribution in [0.5, 0.6) is 0 Å². The molecule has 0 aromatic heterocycles. The van der Waals surface area contributed by atoms with Gasteiger partial charge in [0.05, 0.1) is 0 Å². The molecule has 1 atom stereocenters. The van der Waals surface area contributed by atoms with Gasteiger partial charge in [-0.05, 0) is 12.3 Å². The van der Waals surface area contributed by atoms with Crippen molar-refractivity contribution >= 4 is 12.0 Å². The van der Waals surface area contributed by atoms with Crippen molar-refractivity contribution in [3.63, 3.8) is 0 Å². The van der Waals surface area contributed by atoms with Crippen molar-refractivity contribution < 1.29 is 14.7 Å². The Balaban J connectivity index is 4.04. The minimum atomic E-state index is -1.03. The first-order valence-electron chi connectivity index (χ1n) is 5.18. The summed E-state index contributed by atoms with van der Waals surface area (Å²) in [4.78, 5) is 22.1. The number of carboxylic acids is 1. The van der Waals surface area contributed by atoms with Gasteiger partial charge >= 0.3 is 12.0 Å². The fraction of sp³-hybridized carbons (Fsp3) is 0.636. The second-order valence-electron chi connectivity index (χ2n) is 3.87. The Morgan fingerprint density at radius 3 is 2.50 bits per heavy atom. The Hall–Kier alpha value is -1.70. The van der Waals surface area contributed by atoms with E-state index >= 15 is 0 Å². The lowest BCUT2D eigenvalue weighted by atomic mass is 10.0. The van der Waals surface area contributed by atoms with Crippen LogP contribution in [0.15, 0.2) is 0 Å². The third kappa shape index (κ3) is 6.71. The van der Waals surface area contributed by atoms with Gasteiger partial charge in [0.25, 0.3) is 0 Å². The molecule has 0 aliphatic heterocycles. The molecule has 0 aliphatic carbocycles. The second kappa shape index (κ2) is 7.57. The molecule has 0 heterocycles. The third-order valence-electron chi connectivity index (χ3n) is 1.87. The van der Waals surface area contributed by atoms with Gasteiger partial charge in [0, 0.05) is 13.0 Å². The molecular weight excluding hydrogens is 208 g/mol. The number of aliphatic carboxylic acids is 1. The number of amides is 2. The molecule has 90 valence electrons. The zero-order chi connectivity index (χ0) is 12.6. The topological polar surface area (TPSA) is 78.4 Å². The van der Waals surface area contributed by atoms with E-state index in [0.717, 1.165) is 0 Å². The van der Waals surface area contributed by atoms with Crippen LogP contribution in [0.3, 0.4) is 0 Å². The van der Waals surface area contributed by atoms with Crippen molar-refractivity contribution in [1.82, 2.24) is 10.6 Å². The van der Waals surface area contributed by atoms with Crippen molar-refractivity contribution in [1.29, 1.82) is 0 Å². The molecule has 3 N–H and O–H groups in total. The molecule has 0 spiro atoms. The van der Waals surface area contributed by atoms with Crippen LogP contribution >= 0.6 is 0 Å². The van der Waals surface area contributed by atoms with Crippen LogP contribution in [-0.2, 0) is 4.79 Å². The summed E-state index contributed by atoms with van der Waals surface area (Å²) in [6, 6.07) is -1.35. The van der Waals surface area contributed by atoms with Crippen LogP contribution in [0.2, 0.25) is 0 Å². The number of carboxylic acid groups (broad SMARTS) is 1. The van der Waals surface area contributed by atoms with Crippen molar-refractivity contribution in [2.75, 3.05) is 6.54 Å². The van der Waals surface area contributed by atoms with E-state index in [1.807, 2.05) is 13.8 Å². The number of terminal acetylenes is 1. The molecule has 0 fully saturated rings. The largest absolute Gasteiger partial charge is 0.480 e. The average molecular weight is 226 g/mol. The maximum atomic E-state index is 11.3. The van der Waals surface area contributed by atoms with E-state index in [1.54, 1.807) is 0 Å². The molecule has 5 nitrogen and oxygen atoms in total. The van der Waals surface area contributed by atoms with Gasteiger partial charge in [-0.1, -0.05) is 13.8 Å². The van der Waals surface area contributed by atoms with E-state index in [4.69, 9.17) is 11.5 Å². The quantitative estimate of drug-likeness (QED) is 0.463. The molecule has 0 rings (SSSR count). The molecular formula is C11H18N2O3. The number of urea groups is 1. The summed E-state index contributed by atoms with van der Waals surface area (Å²) in [6.45, 7) is 4.14. The number of hydrogen-bond donors (Lipinski definition) is 3. The van der Waals surface area contributed by atoms with Crippen molar-refractivity contribution in [3.05, 3.63) is 0 Å². The summed E-state index contributed by atoms with van der Waals surface area (Å²) in [5.41, 5.74) is 0. The van der Waals surface area contributed by atoms with Crippen molar-refractivity contribution in [2.24, 2.45) is 5.92 Å². The molecule has 5 heteroatoms. The molecule has 16 heavy (non-hydrogen) atoms. The summed E-state index contributed by atoms with van der Waals surface area (Å²) < 4.78 is 0. The number of nitrogens with one attached hydrogen (secondary N) is 2. The van der Waals surface area contributed by atoms with Crippen LogP contribution in [0.4, 0.5) is 4.79 Å². The lowest BCUT2D eigenvalue weighted by Crippen LogP contribution is -2.46. The number of carbonyl (C=O) groups excluding carboxylic acids is 1. The highest BCUT2D eigenvalue weighted by molar-refractivity contribution is 5.82. The Morgan fingerprint density at radius 2 is 2.06 bits per heavy atom. The fourth-order valence-corrected chi connectivity index (χ4v) is 1.15. The summed E-state index contributed by atoms with van der Waals surface area (Å²) in [5, 5.41) is 13.7. The number of rotatable bonds is 6. The van der Waals surface area contributed by atoms with E-state index in [-0.39, 0.29) is 5.92 Å². The molecule has 0 saturated heterocycles. The zero-order valence-corrected chi connectivity index (χ0v) is 9.62. The Kier molecular flexibility index (Phi) is 6.77. The lowest BCUT2D eigenvalue weighted by molar-refractivity contribution is -0.139. The van der Waals surface area contributed by atoms with Gasteiger partial charge in [-0.15, -0.1) is 12.3 Å². The monoisotopic (exact) mass is 226 g/mol. The van der Waals surface area contributed by atoms with Gasteiger partial charge in [0.2, 0.25) is 0 Å². The molecule has 0 aromatic carbocycles. The van der Waals surface area contributed by atoms with E-state index in [1.165, 1.54) is 0 Å². The minimum absolute atomic E-state index is 0.201.